The molecule has 1 aromatic heterocycles. The van der Waals surface area contributed by atoms with E-state index in [2.05, 4.69) is 34.4 Å². The maximum Gasteiger partial charge on any atom is 0.191 e. The van der Waals surface area contributed by atoms with Crippen LogP contribution < -0.4 is 10.6 Å². The second-order valence-electron chi connectivity index (χ2n) is 7.28. The molecule has 1 unspecified atom stereocenters. The topological polar surface area (TPSA) is 52.6 Å². The highest BCUT2D eigenvalue weighted by molar-refractivity contribution is 7.11. The van der Waals surface area contributed by atoms with Gasteiger partial charge in [0, 0.05) is 50.1 Å². The van der Waals surface area contributed by atoms with Crippen LogP contribution in [0.15, 0.2) is 4.99 Å². The summed E-state index contributed by atoms with van der Waals surface area (Å²) < 4.78 is 0. The number of guanidine groups is 1. The Morgan fingerprint density at radius 2 is 2.12 bits per heavy atom. The summed E-state index contributed by atoms with van der Waals surface area (Å²) in [4.78, 5) is 13.2. The van der Waals surface area contributed by atoms with E-state index < -0.39 is 0 Å². The highest BCUT2D eigenvalue weighted by Crippen LogP contribution is 2.26. The third-order valence-electron chi connectivity index (χ3n) is 5.53. The summed E-state index contributed by atoms with van der Waals surface area (Å²) in [6.45, 7) is 7.62. The summed E-state index contributed by atoms with van der Waals surface area (Å²) in [5.74, 6) is 0.933. The maximum atomic E-state index is 4.72. The van der Waals surface area contributed by atoms with Gasteiger partial charge in [0.15, 0.2) is 5.96 Å². The predicted octanol–water partition coefficient (Wildman–Crippen LogP) is 2.74. The van der Waals surface area contributed by atoms with Gasteiger partial charge in [0.05, 0.1) is 10.7 Å². The summed E-state index contributed by atoms with van der Waals surface area (Å²) in [6, 6.07) is 1.36. The molecule has 1 aliphatic carbocycles. The Morgan fingerprint density at radius 1 is 1.32 bits per heavy atom. The van der Waals surface area contributed by atoms with Crippen LogP contribution in [0.1, 0.15) is 54.6 Å². The first-order chi connectivity index (χ1) is 12.2. The van der Waals surface area contributed by atoms with Crippen molar-refractivity contribution in [1.29, 1.82) is 0 Å². The van der Waals surface area contributed by atoms with Gasteiger partial charge >= 0.3 is 0 Å². The zero-order valence-electron chi connectivity index (χ0n) is 16.0. The van der Waals surface area contributed by atoms with Crippen LogP contribution in [0, 0.1) is 6.92 Å². The van der Waals surface area contributed by atoms with Gasteiger partial charge in [0.2, 0.25) is 0 Å². The molecule has 6 heteroatoms. The van der Waals surface area contributed by atoms with Crippen LogP contribution in [0.3, 0.4) is 0 Å². The first-order valence-electron chi connectivity index (χ1n) is 9.86. The van der Waals surface area contributed by atoms with Gasteiger partial charge < -0.3 is 10.6 Å². The number of nitrogens with one attached hydrogen (secondary N) is 2. The van der Waals surface area contributed by atoms with Gasteiger partial charge in [0.1, 0.15) is 0 Å². The Labute approximate surface area is 156 Å². The quantitative estimate of drug-likeness (QED) is 0.603. The van der Waals surface area contributed by atoms with Gasteiger partial charge in [-0.2, -0.15) is 0 Å². The number of hydrogen-bond acceptors (Lipinski definition) is 4. The molecular weight excluding hydrogens is 330 g/mol. The number of aryl methyl sites for hydroxylation is 2. The lowest BCUT2D eigenvalue weighted by molar-refractivity contribution is 0.242. The maximum absolute atomic E-state index is 4.72. The molecule has 0 amide bonds. The van der Waals surface area contributed by atoms with Crippen LogP contribution in [0.2, 0.25) is 0 Å². The van der Waals surface area contributed by atoms with Crippen LogP contribution in [0.4, 0.5) is 0 Å². The molecule has 2 heterocycles. The summed E-state index contributed by atoms with van der Waals surface area (Å²) in [5, 5.41) is 8.30. The number of thiazole rings is 1. The Balaban J connectivity index is 1.40. The summed E-state index contributed by atoms with van der Waals surface area (Å²) in [6.07, 6.45) is 8.84. The van der Waals surface area contributed by atoms with Crippen LogP contribution >= 0.6 is 11.3 Å². The molecule has 140 valence electrons. The Morgan fingerprint density at radius 3 is 2.80 bits per heavy atom. The van der Waals surface area contributed by atoms with E-state index in [0.29, 0.717) is 6.04 Å². The van der Waals surface area contributed by atoms with Gasteiger partial charge in [0.25, 0.3) is 0 Å². The fourth-order valence-corrected chi connectivity index (χ4v) is 5.13. The van der Waals surface area contributed by atoms with E-state index in [-0.39, 0.29) is 0 Å². The molecule has 1 aromatic rings. The highest BCUT2D eigenvalue weighted by Gasteiger charge is 2.30. The normalized spacial score (nSPS) is 22.7. The number of hydrogen-bond donors (Lipinski definition) is 2. The molecule has 1 saturated carbocycles. The summed E-state index contributed by atoms with van der Waals surface area (Å²) in [7, 11) is 1.86. The predicted molar refractivity (Wildman–Crippen MR) is 107 cm³/mol. The molecule has 0 aromatic carbocycles. The molecule has 25 heavy (non-hydrogen) atoms. The molecule has 3 rings (SSSR count). The van der Waals surface area contributed by atoms with E-state index in [1.54, 1.807) is 0 Å². The molecule has 1 aliphatic heterocycles. The molecule has 2 aliphatic rings. The first-order valence-corrected chi connectivity index (χ1v) is 10.7. The number of likely N-dealkylation sites (tertiary alicyclic amines) is 1. The molecule has 0 bridgehead atoms. The van der Waals surface area contributed by atoms with E-state index in [1.807, 2.05) is 18.4 Å². The van der Waals surface area contributed by atoms with Crippen LogP contribution in [-0.4, -0.2) is 54.6 Å². The van der Waals surface area contributed by atoms with E-state index in [9.17, 15) is 0 Å². The number of rotatable bonds is 6. The van der Waals surface area contributed by atoms with Crippen molar-refractivity contribution in [1.82, 2.24) is 20.5 Å². The smallest absolute Gasteiger partial charge is 0.191 e. The standard InChI is InChI=1S/C19H33N5S/c1-4-17-14(2)25-18(23-17)9-11-21-19(20-3)22-15-10-12-24(13-15)16-7-5-6-8-16/h15-16H,4-13H2,1-3H3,(H2,20,21,22). The van der Waals surface area contributed by atoms with Crippen LogP contribution in [0.25, 0.3) is 0 Å². The fraction of sp³-hybridized carbons (Fsp3) is 0.789. The van der Waals surface area contributed by atoms with Gasteiger partial charge in [-0.3, -0.25) is 9.89 Å². The average molecular weight is 364 g/mol. The summed E-state index contributed by atoms with van der Waals surface area (Å²) >= 11 is 1.83. The van der Waals surface area contributed by atoms with Crippen molar-refractivity contribution >= 4 is 17.3 Å². The van der Waals surface area contributed by atoms with E-state index in [4.69, 9.17) is 4.98 Å². The van der Waals surface area contributed by atoms with Crippen molar-refractivity contribution in [2.45, 2.75) is 70.9 Å². The van der Waals surface area contributed by atoms with E-state index in [0.717, 1.165) is 37.9 Å². The number of nitrogens with zero attached hydrogens (tertiary/aromatic N) is 3. The average Bonchev–Trinajstić information content (AvgIpc) is 3.34. The van der Waals surface area contributed by atoms with Gasteiger partial charge in [-0.15, -0.1) is 11.3 Å². The fourth-order valence-electron chi connectivity index (χ4n) is 4.10. The van der Waals surface area contributed by atoms with Crippen molar-refractivity contribution < 1.29 is 0 Å². The van der Waals surface area contributed by atoms with Crippen molar-refractivity contribution in [2.75, 3.05) is 26.7 Å². The zero-order valence-corrected chi connectivity index (χ0v) is 16.8. The molecule has 0 spiro atoms. The van der Waals surface area contributed by atoms with Crippen LogP contribution in [0.5, 0.6) is 0 Å². The minimum atomic E-state index is 0.528. The van der Waals surface area contributed by atoms with Crippen molar-refractivity contribution in [3.63, 3.8) is 0 Å². The molecule has 1 atom stereocenters. The largest absolute Gasteiger partial charge is 0.356 e. The lowest BCUT2D eigenvalue weighted by Gasteiger charge is -2.24. The van der Waals surface area contributed by atoms with E-state index >= 15 is 0 Å². The minimum Gasteiger partial charge on any atom is -0.356 e. The molecule has 2 fully saturated rings. The van der Waals surface area contributed by atoms with Crippen molar-refractivity contribution in [3.8, 4) is 0 Å². The van der Waals surface area contributed by atoms with Crippen molar-refractivity contribution in [2.24, 2.45) is 4.99 Å². The Kier molecular flexibility index (Phi) is 6.70. The van der Waals surface area contributed by atoms with Crippen molar-refractivity contribution in [3.05, 3.63) is 15.6 Å². The molecule has 2 N–H and O–H groups in total. The molecule has 1 saturated heterocycles. The van der Waals surface area contributed by atoms with Gasteiger partial charge in [-0.25, -0.2) is 4.98 Å². The monoisotopic (exact) mass is 363 g/mol. The number of aromatic nitrogens is 1. The highest BCUT2D eigenvalue weighted by atomic mass is 32.1. The Hall–Kier alpha value is -1.14. The third-order valence-corrected chi connectivity index (χ3v) is 6.60. The lowest BCUT2D eigenvalue weighted by atomic mass is 10.2. The van der Waals surface area contributed by atoms with Gasteiger partial charge in [-0.1, -0.05) is 19.8 Å². The molecule has 0 radical (unpaired) electrons. The lowest BCUT2D eigenvalue weighted by Crippen LogP contribution is -2.45. The van der Waals surface area contributed by atoms with Gasteiger partial charge in [-0.05, 0) is 32.6 Å². The zero-order chi connectivity index (χ0) is 17.6. The Bertz CT molecular complexity index is 576. The van der Waals surface area contributed by atoms with Crippen LogP contribution in [-0.2, 0) is 12.8 Å². The second-order valence-corrected chi connectivity index (χ2v) is 8.56. The SMILES string of the molecule is CCc1nc(CCNC(=NC)NC2CCN(C3CCCC3)C2)sc1C. The third kappa shape index (κ3) is 4.94. The second kappa shape index (κ2) is 8.99. The number of aliphatic imine (C=N–C) groups is 1. The molecule has 5 nitrogen and oxygen atoms in total. The minimum absolute atomic E-state index is 0.528. The summed E-state index contributed by atoms with van der Waals surface area (Å²) in [5.41, 5.74) is 1.25. The molecular formula is C19H33N5S. The van der Waals surface area contributed by atoms with E-state index in [1.165, 1.54) is 54.2 Å². The first kappa shape index (κ1) is 18.6.